The summed E-state index contributed by atoms with van der Waals surface area (Å²) in [7, 11) is 1.74. The Kier molecular flexibility index (Phi) is 5.21. The Hall–Kier alpha value is -1.02. The third kappa shape index (κ3) is 4.02. The van der Waals surface area contributed by atoms with E-state index < -0.39 is 0 Å². The third-order valence-electron chi connectivity index (χ3n) is 3.59. The van der Waals surface area contributed by atoms with Crippen molar-refractivity contribution in [1.82, 2.24) is 0 Å². The van der Waals surface area contributed by atoms with E-state index >= 15 is 0 Å². The number of rotatable bonds is 6. The minimum atomic E-state index is 0.193. The third-order valence-corrected chi connectivity index (χ3v) is 3.59. The number of hydrogen-bond acceptors (Lipinski definition) is 2. The van der Waals surface area contributed by atoms with Crippen molar-refractivity contribution < 1.29 is 4.74 Å². The van der Waals surface area contributed by atoms with Crippen LogP contribution in [0, 0.1) is 5.41 Å². The molecule has 2 nitrogen and oxygen atoms in total. The van der Waals surface area contributed by atoms with Gasteiger partial charge in [0.15, 0.2) is 0 Å². The van der Waals surface area contributed by atoms with Crippen molar-refractivity contribution in [2.24, 2.45) is 11.1 Å². The average Bonchev–Trinajstić information content (AvgIpc) is 2.36. The van der Waals surface area contributed by atoms with E-state index in [0.717, 1.165) is 25.1 Å². The van der Waals surface area contributed by atoms with Gasteiger partial charge < -0.3 is 10.5 Å². The Labute approximate surface area is 112 Å². The van der Waals surface area contributed by atoms with Crippen LogP contribution >= 0.6 is 0 Å². The lowest BCUT2D eigenvalue weighted by atomic mass is 9.85. The fourth-order valence-corrected chi connectivity index (χ4v) is 1.93. The molecule has 2 N–H and O–H groups in total. The Balaban J connectivity index is 2.88. The predicted octanol–water partition coefficient (Wildman–Crippen LogP) is 3.74. The molecule has 0 aliphatic rings. The van der Waals surface area contributed by atoms with Gasteiger partial charge in [0.25, 0.3) is 0 Å². The van der Waals surface area contributed by atoms with Crippen LogP contribution in [-0.4, -0.2) is 13.7 Å². The van der Waals surface area contributed by atoms with Crippen LogP contribution in [0.4, 0.5) is 0 Å². The number of benzene rings is 1. The van der Waals surface area contributed by atoms with E-state index in [1.807, 2.05) is 0 Å². The summed E-state index contributed by atoms with van der Waals surface area (Å²) in [5.74, 6) is 1.55. The van der Waals surface area contributed by atoms with Gasteiger partial charge in [-0.2, -0.15) is 0 Å². The van der Waals surface area contributed by atoms with E-state index in [-0.39, 0.29) is 5.41 Å². The topological polar surface area (TPSA) is 35.2 Å². The number of hydrogen-bond donors (Lipinski definition) is 1. The SMILES string of the molecule is COc1ccc(C(C)C)cc1CCC(C)(C)CN. The summed E-state index contributed by atoms with van der Waals surface area (Å²) in [5, 5.41) is 0. The Morgan fingerprint density at radius 2 is 1.94 bits per heavy atom. The van der Waals surface area contributed by atoms with Gasteiger partial charge in [0, 0.05) is 0 Å². The Morgan fingerprint density at radius 1 is 1.28 bits per heavy atom. The van der Waals surface area contributed by atoms with E-state index in [2.05, 4.69) is 45.9 Å². The summed E-state index contributed by atoms with van der Waals surface area (Å²) in [6, 6.07) is 6.51. The summed E-state index contributed by atoms with van der Waals surface area (Å²) >= 11 is 0. The second kappa shape index (κ2) is 6.24. The van der Waals surface area contributed by atoms with Crippen LogP contribution in [0.3, 0.4) is 0 Å². The molecule has 0 spiro atoms. The zero-order valence-electron chi connectivity index (χ0n) is 12.4. The van der Waals surface area contributed by atoms with E-state index in [4.69, 9.17) is 10.5 Å². The van der Waals surface area contributed by atoms with Crippen molar-refractivity contribution in [3.05, 3.63) is 29.3 Å². The Bertz CT molecular complexity index is 383. The van der Waals surface area contributed by atoms with Crippen LogP contribution < -0.4 is 10.5 Å². The standard InChI is InChI=1S/C16H27NO/c1-12(2)13-6-7-15(18-5)14(10-13)8-9-16(3,4)11-17/h6-7,10,12H,8-9,11,17H2,1-5H3. The van der Waals surface area contributed by atoms with Crippen LogP contribution in [-0.2, 0) is 6.42 Å². The van der Waals surface area contributed by atoms with E-state index in [9.17, 15) is 0 Å². The molecule has 0 radical (unpaired) electrons. The first-order chi connectivity index (χ1) is 8.39. The molecule has 0 saturated carbocycles. The number of aryl methyl sites for hydroxylation is 1. The zero-order chi connectivity index (χ0) is 13.8. The van der Waals surface area contributed by atoms with Crippen molar-refractivity contribution in [1.29, 1.82) is 0 Å². The highest BCUT2D eigenvalue weighted by Crippen LogP contribution is 2.28. The van der Waals surface area contributed by atoms with Crippen LogP contribution in [0.25, 0.3) is 0 Å². The summed E-state index contributed by atoms with van der Waals surface area (Å²) in [6.45, 7) is 9.58. The number of methoxy groups -OCH3 is 1. The molecule has 0 fully saturated rings. The fourth-order valence-electron chi connectivity index (χ4n) is 1.93. The largest absolute Gasteiger partial charge is 0.496 e. The first-order valence-corrected chi connectivity index (χ1v) is 6.76. The van der Waals surface area contributed by atoms with Gasteiger partial charge in [-0.3, -0.25) is 0 Å². The lowest BCUT2D eigenvalue weighted by Crippen LogP contribution is -2.24. The average molecular weight is 249 g/mol. The molecule has 0 aliphatic carbocycles. The van der Waals surface area contributed by atoms with Gasteiger partial charge in [-0.1, -0.05) is 39.8 Å². The maximum atomic E-state index is 5.79. The quantitative estimate of drug-likeness (QED) is 0.833. The van der Waals surface area contributed by atoms with Crippen molar-refractivity contribution in [3.8, 4) is 5.75 Å². The molecule has 0 atom stereocenters. The van der Waals surface area contributed by atoms with Gasteiger partial charge in [0.2, 0.25) is 0 Å². The minimum absolute atomic E-state index is 0.193. The lowest BCUT2D eigenvalue weighted by Gasteiger charge is -2.23. The molecule has 0 aromatic heterocycles. The summed E-state index contributed by atoms with van der Waals surface area (Å²) in [4.78, 5) is 0. The molecular formula is C16H27NO. The molecule has 1 aromatic carbocycles. The molecule has 1 aromatic rings. The second-order valence-electron chi connectivity index (χ2n) is 6.09. The van der Waals surface area contributed by atoms with Gasteiger partial charge >= 0.3 is 0 Å². The maximum absolute atomic E-state index is 5.79. The normalized spacial score (nSPS) is 11.9. The molecule has 0 amide bonds. The van der Waals surface area contributed by atoms with Gasteiger partial charge in [0.05, 0.1) is 7.11 Å². The zero-order valence-corrected chi connectivity index (χ0v) is 12.4. The molecule has 0 bridgehead atoms. The molecule has 102 valence electrons. The van der Waals surface area contributed by atoms with Crippen LogP contribution in [0.15, 0.2) is 18.2 Å². The van der Waals surface area contributed by atoms with E-state index in [0.29, 0.717) is 5.92 Å². The highest BCUT2D eigenvalue weighted by Gasteiger charge is 2.17. The number of nitrogens with two attached hydrogens (primary N) is 1. The fraction of sp³-hybridized carbons (Fsp3) is 0.625. The highest BCUT2D eigenvalue weighted by molar-refractivity contribution is 5.38. The molecule has 0 unspecified atom stereocenters. The van der Waals surface area contributed by atoms with Crippen molar-refractivity contribution in [2.75, 3.05) is 13.7 Å². The molecular weight excluding hydrogens is 222 g/mol. The highest BCUT2D eigenvalue weighted by atomic mass is 16.5. The van der Waals surface area contributed by atoms with Crippen LogP contribution in [0.5, 0.6) is 5.75 Å². The smallest absolute Gasteiger partial charge is 0.122 e. The van der Waals surface area contributed by atoms with Gasteiger partial charge in [0.1, 0.15) is 5.75 Å². The molecule has 0 aliphatic heterocycles. The van der Waals surface area contributed by atoms with Crippen LogP contribution in [0.2, 0.25) is 0 Å². The molecule has 18 heavy (non-hydrogen) atoms. The van der Waals surface area contributed by atoms with E-state index in [1.54, 1.807) is 7.11 Å². The van der Waals surface area contributed by atoms with Crippen LogP contribution in [0.1, 0.15) is 51.2 Å². The predicted molar refractivity (Wildman–Crippen MR) is 78.2 cm³/mol. The van der Waals surface area contributed by atoms with Gasteiger partial charge in [-0.15, -0.1) is 0 Å². The van der Waals surface area contributed by atoms with E-state index in [1.165, 1.54) is 11.1 Å². The summed E-state index contributed by atoms with van der Waals surface area (Å²) in [5.41, 5.74) is 8.65. The summed E-state index contributed by atoms with van der Waals surface area (Å²) in [6.07, 6.45) is 2.11. The van der Waals surface area contributed by atoms with Crippen molar-refractivity contribution in [2.45, 2.75) is 46.5 Å². The molecule has 0 heterocycles. The first-order valence-electron chi connectivity index (χ1n) is 6.76. The van der Waals surface area contributed by atoms with Gasteiger partial charge in [-0.25, -0.2) is 0 Å². The molecule has 0 saturated heterocycles. The lowest BCUT2D eigenvalue weighted by molar-refractivity contribution is 0.343. The van der Waals surface area contributed by atoms with Gasteiger partial charge in [-0.05, 0) is 47.9 Å². The monoisotopic (exact) mass is 249 g/mol. The summed E-state index contributed by atoms with van der Waals surface area (Å²) < 4.78 is 5.45. The maximum Gasteiger partial charge on any atom is 0.122 e. The second-order valence-corrected chi connectivity index (χ2v) is 6.09. The molecule has 1 rings (SSSR count). The minimum Gasteiger partial charge on any atom is -0.496 e. The van der Waals surface area contributed by atoms with Crippen molar-refractivity contribution in [3.63, 3.8) is 0 Å². The van der Waals surface area contributed by atoms with Crippen molar-refractivity contribution >= 4 is 0 Å². The first kappa shape index (κ1) is 15.0. The molecule has 2 heteroatoms. The number of ether oxygens (including phenoxy) is 1. The Morgan fingerprint density at radius 3 is 2.44 bits per heavy atom.